The summed E-state index contributed by atoms with van der Waals surface area (Å²) >= 11 is 0. The smallest absolute Gasteiger partial charge is 0.0705 e. The summed E-state index contributed by atoms with van der Waals surface area (Å²) in [5.41, 5.74) is 6.92. The molecule has 0 unspecified atom stereocenters. The average Bonchev–Trinajstić information content (AvgIpc) is 2.54. The van der Waals surface area contributed by atoms with Crippen LogP contribution in [0.15, 0.2) is 30.3 Å². The molecule has 1 N–H and O–H groups in total. The van der Waals surface area contributed by atoms with Crippen molar-refractivity contribution >= 4 is 0 Å². The van der Waals surface area contributed by atoms with Crippen LogP contribution in [-0.2, 0) is 13.0 Å². The number of aliphatic hydroxyl groups excluding tert-OH is 1. The van der Waals surface area contributed by atoms with Crippen LogP contribution in [0.4, 0.5) is 0 Å². The van der Waals surface area contributed by atoms with E-state index in [1.807, 2.05) is 6.07 Å². The number of benzene rings is 1. The Morgan fingerprint density at radius 3 is 1.96 bits per heavy atom. The van der Waals surface area contributed by atoms with Gasteiger partial charge in [-0.2, -0.15) is 0 Å². The quantitative estimate of drug-likeness (QED) is 0.770. The molecule has 0 spiro atoms. The summed E-state index contributed by atoms with van der Waals surface area (Å²) in [4.78, 5) is 4.99. The molecule has 0 aliphatic heterocycles. The molecule has 0 bridgehead atoms. The third-order valence-corrected chi connectivity index (χ3v) is 4.28. The monoisotopic (exact) mass is 311 g/mol. The minimum absolute atomic E-state index is 0.0415. The molecule has 1 aromatic heterocycles. The van der Waals surface area contributed by atoms with Crippen molar-refractivity contribution in [1.82, 2.24) is 4.98 Å². The molecule has 124 valence electrons. The number of hydrogen-bond donors (Lipinski definition) is 1. The van der Waals surface area contributed by atoms with Gasteiger partial charge in [0.1, 0.15) is 0 Å². The number of rotatable bonds is 6. The first-order valence-electron chi connectivity index (χ1n) is 8.73. The Kier molecular flexibility index (Phi) is 5.95. The normalized spacial score (nSPS) is 11.5. The molecule has 0 saturated heterocycles. The minimum atomic E-state index is 0.0415. The van der Waals surface area contributed by atoms with Crippen molar-refractivity contribution in [2.24, 2.45) is 0 Å². The number of nitrogens with zero attached hydrogens (tertiary/aromatic N) is 1. The van der Waals surface area contributed by atoms with E-state index in [1.54, 1.807) is 0 Å². The zero-order valence-corrected chi connectivity index (χ0v) is 15.1. The van der Waals surface area contributed by atoms with Gasteiger partial charge in [-0.25, -0.2) is 0 Å². The summed E-state index contributed by atoms with van der Waals surface area (Å²) in [6, 6.07) is 10.5. The fourth-order valence-corrected chi connectivity index (χ4v) is 3.27. The minimum Gasteiger partial charge on any atom is -0.392 e. The first-order chi connectivity index (χ1) is 11.0. The Labute approximate surface area is 140 Å². The average molecular weight is 311 g/mol. The van der Waals surface area contributed by atoms with Crippen LogP contribution in [0.3, 0.4) is 0 Å². The lowest BCUT2D eigenvalue weighted by molar-refractivity contribution is 0.279. The topological polar surface area (TPSA) is 33.1 Å². The molecule has 2 aromatic rings. The molecule has 0 saturated carbocycles. The maximum atomic E-state index is 10.1. The first-order valence-corrected chi connectivity index (χ1v) is 8.73. The van der Waals surface area contributed by atoms with E-state index in [0.29, 0.717) is 11.8 Å². The van der Waals surface area contributed by atoms with Crippen LogP contribution in [0.1, 0.15) is 75.4 Å². The van der Waals surface area contributed by atoms with E-state index in [2.05, 4.69) is 58.9 Å². The Morgan fingerprint density at radius 2 is 1.48 bits per heavy atom. The summed E-state index contributed by atoms with van der Waals surface area (Å²) in [6.45, 7) is 11.0. The summed E-state index contributed by atoms with van der Waals surface area (Å²) in [6.07, 6.45) is 2.07. The highest BCUT2D eigenvalue weighted by Gasteiger charge is 2.22. The lowest BCUT2D eigenvalue weighted by Crippen LogP contribution is -2.12. The van der Waals surface area contributed by atoms with Crippen molar-refractivity contribution in [3.05, 3.63) is 52.8 Å². The van der Waals surface area contributed by atoms with Gasteiger partial charge in [0.15, 0.2) is 0 Å². The zero-order valence-electron chi connectivity index (χ0n) is 15.1. The summed E-state index contributed by atoms with van der Waals surface area (Å²) in [7, 11) is 0. The Bertz CT molecular complexity index is 645. The molecule has 0 fully saturated rings. The molecule has 2 rings (SSSR count). The van der Waals surface area contributed by atoms with Crippen molar-refractivity contribution < 1.29 is 5.11 Å². The highest BCUT2D eigenvalue weighted by molar-refractivity contribution is 5.73. The van der Waals surface area contributed by atoms with Crippen LogP contribution in [0, 0.1) is 0 Å². The molecule has 0 aliphatic rings. The largest absolute Gasteiger partial charge is 0.392 e. The number of aliphatic hydroxyl groups is 1. The highest BCUT2D eigenvalue weighted by atomic mass is 16.3. The van der Waals surface area contributed by atoms with Crippen LogP contribution < -0.4 is 0 Å². The van der Waals surface area contributed by atoms with Gasteiger partial charge in [-0.1, -0.05) is 71.4 Å². The lowest BCUT2D eigenvalue weighted by Gasteiger charge is -2.24. The van der Waals surface area contributed by atoms with Gasteiger partial charge in [-0.15, -0.1) is 0 Å². The third-order valence-electron chi connectivity index (χ3n) is 4.28. The summed E-state index contributed by atoms with van der Waals surface area (Å²) in [5, 5.41) is 10.1. The number of aromatic nitrogens is 1. The van der Waals surface area contributed by atoms with Gasteiger partial charge < -0.3 is 5.11 Å². The number of hydrogen-bond acceptors (Lipinski definition) is 2. The predicted molar refractivity (Wildman–Crippen MR) is 97.8 cm³/mol. The molecule has 2 nitrogen and oxygen atoms in total. The van der Waals surface area contributed by atoms with Crippen molar-refractivity contribution in [1.29, 1.82) is 0 Å². The molecule has 1 heterocycles. The van der Waals surface area contributed by atoms with Crippen molar-refractivity contribution in [3.63, 3.8) is 0 Å². The molecule has 0 atom stereocenters. The first kappa shape index (κ1) is 17.7. The van der Waals surface area contributed by atoms with Gasteiger partial charge in [-0.3, -0.25) is 4.98 Å². The van der Waals surface area contributed by atoms with Crippen LogP contribution in [0.25, 0.3) is 11.1 Å². The molecule has 0 radical (unpaired) electrons. The fraction of sp³-hybridized carbons (Fsp3) is 0.476. The van der Waals surface area contributed by atoms with Gasteiger partial charge in [0.25, 0.3) is 0 Å². The molecule has 1 aromatic carbocycles. The molecule has 0 amide bonds. The van der Waals surface area contributed by atoms with E-state index in [9.17, 15) is 5.11 Å². The Morgan fingerprint density at radius 1 is 0.913 bits per heavy atom. The summed E-state index contributed by atoms with van der Waals surface area (Å²) < 4.78 is 0. The van der Waals surface area contributed by atoms with E-state index >= 15 is 0 Å². The highest BCUT2D eigenvalue weighted by Crippen LogP contribution is 2.37. The maximum Gasteiger partial charge on any atom is 0.0705 e. The predicted octanol–water partition coefficient (Wildman–Crippen LogP) is 5.44. The molecular weight excluding hydrogens is 282 g/mol. The van der Waals surface area contributed by atoms with Crippen molar-refractivity contribution in [3.8, 4) is 11.1 Å². The van der Waals surface area contributed by atoms with Gasteiger partial charge in [0, 0.05) is 17.0 Å². The molecular formula is C21H29NO. The second-order valence-electron chi connectivity index (χ2n) is 6.80. The zero-order chi connectivity index (χ0) is 17.0. The third kappa shape index (κ3) is 3.64. The van der Waals surface area contributed by atoms with Crippen LogP contribution in [-0.4, -0.2) is 10.1 Å². The lowest BCUT2D eigenvalue weighted by atomic mass is 9.86. The van der Waals surface area contributed by atoms with Crippen LogP contribution >= 0.6 is 0 Å². The van der Waals surface area contributed by atoms with Crippen LogP contribution in [0.5, 0.6) is 0 Å². The molecule has 23 heavy (non-hydrogen) atoms. The van der Waals surface area contributed by atoms with Crippen LogP contribution in [0.2, 0.25) is 0 Å². The second-order valence-corrected chi connectivity index (χ2v) is 6.80. The standard InChI is InChI=1S/C21H29NO/c1-6-10-17-19(16-11-8-7-9-12-16)18(13-23)21(15(4)5)22-20(17)14(2)3/h7-9,11-12,14-15,23H,6,10,13H2,1-5H3. The summed E-state index contributed by atoms with van der Waals surface area (Å²) in [5.74, 6) is 0.678. The maximum absolute atomic E-state index is 10.1. The van der Waals surface area contributed by atoms with Crippen molar-refractivity contribution in [2.75, 3.05) is 0 Å². The number of pyridine rings is 1. The van der Waals surface area contributed by atoms with E-state index in [4.69, 9.17) is 4.98 Å². The second kappa shape index (κ2) is 7.74. The van der Waals surface area contributed by atoms with E-state index < -0.39 is 0 Å². The molecule has 0 aliphatic carbocycles. The van der Waals surface area contributed by atoms with E-state index in [0.717, 1.165) is 24.1 Å². The van der Waals surface area contributed by atoms with E-state index in [-0.39, 0.29) is 6.61 Å². The van der Waals surface area contributed by atoms with Gasteiger partial charge in [0.2, 0.25) is 0 Å². The molecule has 2 heteroatoms. The Hall–Kier alpha value is -1.67. The van der Waals surface area contributed by atoms with E-state index in [1.165, 1.54) is 22.4 Å². The van der Waals surface area contributed by atoms with Gasteiger partial charge in [0.05, 0.1) is 6.61 Å². The fourth-order valence-electron chi connectivity index (χ4n) is 3.27. The SMILES string of the molecule is CCCc1c(C(C)C)nc(C(C)C)c(CO)c1-c1ccccc1. The van der Waals surface area contributed by atoms with Crippen molar-refractivity contribution in [2.45, 2.75) is 65.9 Å². The van der Waals surface area contributed by atoms with Gasteiger partial charge in [-0.05, 0) is 34.9 Å². The van der Waals surface area contributed by atoms with Gasteiger partial charge >= 0.3 is 0 Å². The Balaban J connectivity index is 2.87.